The SMILES string of the molecule is CCC(C)(CCO)NC(=O)CC1(C(=O)O)CCCC1. The Morgan fingerprint density at radius 3 is 2.32 bits per heavy atom. The van der Waals surface area contributed by atoms with E-state index in [-0.39, 0.29) is 18.9 Å². The minimum atomic E-state index is -0.877. The molecule has 1 saturated carbocycles. The highest BCUT2D eigenvalue weighted by Gasteiger charge is 2.43. The number of hydrogen-bond acceptors (Lipinski definition) is 3. The monoisotopic (exact) mass is 271 g/mol. The van der Waals surface area contributed by atoms with Crippen molar-refractivity contribution in [2.75, 3.05) is 6.61 Å². The number of carbonyl (C=O) groups is 2. The van der Waals surface area contributed by atoms with Crippen LogP contribution in [0.3, 0.4) is 0 Å². The summed E-state index contributed by atoms with van der Waals surface area (Å²) in [5.74, 6) is -1.08. The quantitative estimate of drug-likeness (QED) is 0.657. The van der Waals surface area contributed by atoms with E-state index in [0.29, 0.717) is 25.7 Å². The fourth-order valence-corrected chi connectivity index (χ4v) is 2.78. The van der Waals surface area contributed by atoms with Gasteiger partial charge in [0.1, 0.15) is 0 Å². The van der Waals surface area contributed by atoms with Gasteiger partial charge in [-0.1, -0.05) is 19.8 Å². The van der Waals surface area contributed by atoms with Gasteiger partial charge in [0.15, 0.2) is 0 Å². The van der Waals surface area contributed by atoms with Crippen molar-refractivity contribution in [2.24, 2.45) is 5.41 Å². The van der Waals surface area contributed by atoms with E-state index in [4.69, 9.17) is 5.11 Å². The summed E-state index contributed by atoms with van der Waals surface area (Å²) in [5.41, 5.74) is -1.33. The average molecular weight is 271 g/mol. The molecule has 5 nitrogen and oxygen atoms in total. The Morgan fingerprint density at radius 2 is 1.89 bits per heavy atom. The van der Waals surface area contributed by atoms with Crippen molar-refractivity contribution in [3.05, 3.63) is 0 Å². The first-order chi connectivity index (χ1) is 8.87. The van der Waals surface area contributed by atoms with Crippen LogP contribution in [0.15, 0.2) is 0 Å². The molecule has 1 unspecified atom stereocenters. The second kappa shape index (κ2) is 6.37. The molecule has 1 atom stereocenters. The van der Waals surface area contributed by atoms with E-state index in [9.17, 15) is 14.7 Å². The lowest BCUT2D eigenvalue weighted by Crippen LogP contribution is -2.48. The summed E-state index contributed by atoms with van der Waals surface area (Å²) >= 11 is 0. The Bertz CT molecular complexity index is 336. The molecule has 0 saturated heterocycles. The molecule has 1 amide bonds. The molecule has 19 heavy (non-hydrogen) atoms. The molecular weight excluding hydrogens is 246 g/mol. The van der Waals surface area contributed by atoms with Gasteiger partial charge in [-0.05, 0) is 32.6 Å². The highest BCUT2D eigenvalue weighted by Crippen LogP contribution is 2.41. The predicted octanol–water partition coefficient (Wildman–Crippen LogP) is 1.69. The summed E-state index contributed by atoms with van der Waals surface area (Å²) in [6.45, 7) is 3.83. The zero-order valence-corrected chi connectivity index (χ0v) is 11.9. The Labute approximate surface area is 114 Å². The summed E-state index contributed by atoms with van der Waals surface area (Å²) in [4.78, 5) is 23.5. The molecule has 1 aliphatic carbocycles. The molecule has 1 aliphatic rings. The molecule has 0 bridgehead atoms. The molecular formula is C14H25NO4. The van der Waals surface area contributed by atoms with Crippen LogP contribution in [-0.4, -0.2) is 34.2 Å². The molecule has 0 heterocycles. The van der Waals surface area contributed by atoms with Gasteiger partial charge >= 0.3 is 5.97 Å². The first-order valence-corrected chi connectivity index (χ1v) is 7.03. The van der Waals surface area contributed by atoms with Gasteiger partial charge in [0.25, 0.3) is 0 Å². The first kappa shape index (κ1) is 16.0. The van der Waals surface area contributed by atoms with Gasteiger partial charge in [-0.3, -0.25) is 9.59 Å². The highest BCUT2D eigenvalue weighted by molar-refractivity contribution is 5.85. The smallest absolute Gasteiger partial charge is 0.310 e. The van der Waals surface area contributed by atoms with Gasteiger partial charge < -0.3 is 15.5 Å². The van der Waals surface area contributed by atoms with Crippen LogP contribution in [0.4, 0.5) is 0 Å². The van der Waals surface area contributed by atoms with Crippen molar-refractivity contribution in [2.45, 2.75) is 64.3 Å². The van der Waals surface area contributed by atoms with Crippen LogP contribution < -0.4 is 5.32 Å². The van der Waals surface area contributed by atoms with Crippen molar-refractivity contribution in [1.82, 2.24) is 5.32 Å². The second-order valence-electron chi connectivity index (χ2n) is 5.91. The van der Waals surface area contributed by atoms with Crippen LogP contribution in [0.1, 0.15) is 58.8 Å². The van der Waals surface area contributed by atoms with E-state index in [1.807, 2.05) is 13.8 Å². The van der Waals surface area contributed by atoms with Gasteiger partial charge in [0.05, 0.1) is 5.41 Å². The molecule has 5 heteroatoms. The lowest BCUT2D eigenvalue weighted by atomic mass is 9.82. The van der Waals surface area contributed by atoms with Crippen LogP contribution in [0, 0.1) is 5.41 Å². The Hall–Kier alpha value is -1.10. The van der Waals surface area contributed by atoms with E-state index in [1.165, 1.54) is 0 Å². The van der Waals surface area contributed by atoms with Crippen molar-refractivity contribution in [3.8, 4) is 0 Å². The fourth-order valence-electron chi connectivity index (χ4n) is 2.78. The minimum Gasteiger partial charge on any atom is -0.481 e. The summed E-state index contributed by atoms with van der Waals surface area (Å²) < 4.78 is 0. The summed E-state index contributed by atoms with van der Waals surface area (Å²) in [6, 6.07) is 0. The lowest BCUT2D eigenvalue weighted by molar-refractivity contribution is -0.151. The van der Waals surface area contributed by atoms with Gasteiger partial charge in [-0.25, -0.2) is 0 Å². The van der Waals surface area contributed by atoms with E-state index < -0.39 is 16.9 Å². The van der Waals surface area contributed by atoms with Crippen molar-refractivity contribution in [1.29, 1.82) is 0 Å². The molecule has 1 rings (SSSR count). The third kappa shape index (κ3) is 3.93. The van der Waals surface area contributed by atoms with Crippen molar-refractivity contribution >= 4 is 11.9 Å². The Kier molecular flexibility index (Phi) is 5.35. The van der Waals surface area contributed by atoms with E-state index in [0.717, 1.165) is 12.8 Å². The van der Waals surface area contributed by atoms with E-state index in [1.54, 1.807) is 0 Å². The van der Waals surface area contributed by atoms with Gasteiger partial charge in [0, 0.05) is 18.6 Å². The number of carboxylic acids is 1. The number of aliphatic carboxylic acids is 1. The van der Waals surface area contributed by atoms with Gasteiger partial charge in [-0.15, -0.1) is 0 Å². The summed E-state index contributed by atoms with van der Waals surface area (Å²) in [7, 11) is 0. The van der Waals surface area contributed by atoms with Crippen LogP contribution in [-0.2, 0) is 9.59 Å². The largest absolute Gasteiger partial charge is 0.481 e. The maximum atomic E-state index is 12.1. The summed E-state index contributed by atoms with van der Waals surface area (Å²) in [5, 5.41) is 21.3. The number of amides is 1. The van der Waals surface area contributed by atoms with Crippen molar-refractivity contribution in [3.63, 3.8) is 0 Å². The molecule has 0 aromatic rings. The first-order valence-electron chi connectivity index (χ1n) is 7.03. The Morgan fingerprint density at radius 1 is 1.32 bits per heavy atom. The van der Waals surface area contributed by atoms with Crippen LogP contribution in [0.25, 0.3) is 0 Å². The zero-order valence-electron chi connectivity index (χ0n) is 11.9. The maximum Gasteiger partial charge on any atom is 0.310 e. The Balaban J connectivity index is 2.65. The van der Waals surface area contributed by atoms with E-state index in [2.05, 4.69) is 5.32 Å². The number of carbonyl (C=O) groups excluding carboxylic acids is 1. The molecule has 0 radical (unpaired) electrons. The van der Waals surface area contributed by atoms with Gasteiger partial charge in [0.2, 0.25) is 5.91 Å². The molecule has 1 fully saturated rings. The molecule has 0 aromatic heterocycles. The standard InChI is InChI=1S/C14H25NO4/c1-3-13(2,8-9-16)15-11(17)10-14(12(18)19)6-4-5-7-14/h16H,3-10H2,1-2H3,(H,15,17)(H,18,19). The molecule has 3 N–H and O–H groups in total. The topological polar surface area (TPSA) is 86.6 Å². The summed E-state index contributed by atoms with van der Waals surface area (Å²) in [6.07, 6.45) is 4.15. The number of aliphatic hydroxyl groups excluding tert-OH is 1. The minimum absolute atomic E-state index is 0.00862. The van der Waals surface area contributed by atoms with Gasteiger partial charge in [-0.2, -0.15) is 0 Å². The average Bonchev–Trinajstić information content (AvgIpc) is 2.78. The number of rotatable bonds is 7. The molecule has 0 aromatic carbocycles. The molecule has 0 aliphatic heterocycles. The van der Waals surface area contributed by atoms with Crippen LogP contribution in [0.5, 0.6) is 0 Å². The number of carboxylic acid groups (broad SMARTS) is 1. The highest BCUT2D eigenvalue weighted by atomic mass is 16.4. The number of aliphatic hydroxyl groups is 1. The maximum absolute atomic E-state index is 12.1. The third-order valence-corrected chi connectivity index (χ3v) is 4.40. The second-order valence-corrected chi connectivity index (χ2v) is 5.91. The lowest BCUT2D eigenvalue weighted by Gasteiger charge is -2.31. The van der Waals surface area contributed by atoms with E-state index >= 15 is 0 Å². The molecule has 0 spiro atoms. The molecule has 110 valence electrons. The number of nitrogens with one attached hydrogen (secondary N) is 1. The third-order valence-electron chi connectivity index (χ3n) is 4.40. The normalized spacial score (nSPS) is 20.8. The fraction of sp³-hybridized carbons (Fsp3) is 0.857. The van der Waals surface area contributed by atoms with Crippen LogP contribution in [0.2, 0.25) is 0 Å². The van der Waals surface area contributed by atoms with Crippen molar-refractivity contribution < 1.29 is 19.8 Å². The van der Waals surface area contributed by atoms with Crippen LogP contribution >= 0.6 is 0 Å². The number of hydrogen-bond donors (Lipinski definition) is 3. The zero-order chi connectivity index (χ0) is 14.5. The predicted molar refractivity (Wildman–Crippen MR) is 71.7 cm³/mol.